The smallest absolute Gasteiger partial charge is 0.870 e. The van der Waals surface area contributed by atoms with E-state index in [9.17, 15) is 24.3 Å². The van der Waals surface area contributed by atoms with Crippen LogP contribution in [0.1, 0.15) is 64.7 Å². The van der Waals surface area contributed by atoms with Gasteiger partial charge in [-0.05, 0) is 69.4 Å². The summed E-state index contributed by atoms with van der Waals surface area (Å²) < 4.78 is 19.1. The van der Waals surface area contributed by atoms with Gasteiger partial charge in [0.25, 0.3) is 0 Å². The Labute approximate surface area is 324 Å². The molecule has 0 saturated carbocycles. The van der Waals surface area contributed by atoms with Crippen LogP contribution in [0.15, 0.2) is 70.5 Å². The molecule has 2 aliphatic heterocycles. The first-order valence-electron chi connectivity index (χ1n) is 17.1. The largest absolute Gasteiger partial charge is 1.00 e. The number of aromatic carboxylic acids is 1. The molecule has 52 heavy (non-hydrogen) atoms. The normalized spacial score (nSPS) is 14.6. The van der Waals surface area contributed by atoms with Gasteiger partial charge in [0.1, 0.15) is 0 Å². The zero-order valence-corrected chi connectivity index (χ0v) is 32.2. The maximum absolute atomic E-state index is 12.8. The number of aromatic nitrogens is 4. The summed E-state index contributed by atoms with van der Waals surface area (Å²) in [6, 6.07) is 15.1. The topological polar surface area (TPSA) is 182 Å². The van der Waals surface area contributed by atoms with Crippen LogP contribution in [0.4, 0.5) is 0 Å². The van der Waals surface area contributed by atoms with Crippen LogP contribution in [-0.2, 0) is 27.3 Å². The summed E-state index contributed by atoms with van der Waals surface area (Å²) in [6.45, 7) is 9.99. The second kappa shape index (κ2) is 20.3. The van der Waals surface area contributed by atoms with Crippen LogP contribution >= 0.6 is 0 Å². The quantitative estimate of drug-likeness (QED) is 0.197. The van der Waals surface area contributed by atoms with Crippen molar-refractivity contribution in [2.75, 3.05) is 33.0 Å². The number of ether oxygens (including phenoxy) is 3. The van der Waals surface area contributed by atoms with E-state index in [0.717, 1.165) is 55.6 Å². The molecule has 2 aromatic heterocycles. The molecule has 13 nitrogen and oxygen atoms in total. The number of carbonyl (C=O) groups excluding carboxylic acids is 1. The van der Waals surface area contributed by atoms with E-state index >= 15 is 0 Å². The van der Waals surface area contributed by atoms with Gasteiger partial charge in [-0.2, -0.15) is 10.2 Å². The fraction of sp³-hybridized carbons (Fsp3) is 0.421. The average Bonchev–Trinajstić information content (AvgIpc) is 3.11. The molecule has 0 bridgehead atoms. The summed E-state index contributed by atoms with van der Waals surface area (Å²) in [5, 5.41) is 17.6. The first-order valence-corrected chi connectivity index (χ1v) is 17.1. The Bertz CT molecular complexity index is 1900. The first kappa shape index (κ1) is 42.4. The average molecular weight is 725 g/mol. The molecule has 0 radical (unpaired) electrons. The van der Waals surface area contributed by atoms with Gasteiger partial charge in [-0.25, -0.2) is 9.59 Å². The van der Waals surface area contributed by atoms with Gasteiger partial charge < -0.3 is 24.8 Å². The fourth-order valence-corrected chi connectivity index (χ4v) is 6.00. The van der Waals surface area contributed by atoms with Gasteiger partial charge in [-0.3, -0.25) is 19.0 Å². The van der Waals surface area contributed by atoms with E-state index in [1.165, 1.54) is 0 Å². The maximum Gasteiger partial charge on any atom is 1.00 e. The van der Waals surface area contributed by atoms with Crippen molar-refractivity contribution in [3.05, 3.63) is 104 Å². The Morgan fingerprint density at radius 3 is 1.50 bits per heavy atom. The number of esters is 1. The predicted molar refractivity (Wildman–Crippen MR) is 189 cm³/mol. The van der Waals surface area contributed by atoms with Crippen LogP contribution < -0.4 is 40.4 Å². The van der Waals surface area contributed by atoms with Crippen molar-refractivity contribution in [3.8, 4) is 22.3 Å². The molecular weight excluding hydrogens is 679 g/mol. The molecule has 0 unspecified atom stereocenters. The van der Waals surface area contributed by atoms with Crippen molar-refractivity contribution in [1.29, 1.82) is 0 Å². The molecule has 14 heteroatoms. The Morgan fingerprint density at radius 2 is 1.12 bits per heavy atom. The van der Waals surface area contributed by atoms with E-state index in [2.05, 4.69) is 10.2 Å². The molecule has 4 heterocycles. The molecule has 0 amide bonds. The van der Waals surface area contributed by atoms with Crippen LogP contribution in [0, 0.1) is 25.7 Å². The first-order chi connectivity index (χ1) is 24.1. The van der Waals surface area contributed by atoms with Crippen molar-refractivity contribution in [3.63, 3.8) is 0 Å². The van der Waals surface area contributed by atoms with Crippen LogP contribution in [0.25, 0.3) is 22.3 Å². The molecule has 4 aromatic rings. The standard InChI is InChI=1S/C20H24N2O4.C18H20N2O4.Na.H2O/c1-3-26-20(24)18-19(23)17(16-6-4-14(2)5-7-16)13-22(21-18)12-15-8-10-25-11-9-15;1-12-2-4-14(5-3-12)15-11-20(10-13-6-8-24-9-7-13)19-16(17(15)21)18(22)23;;/h4-7,13,15H,3,8-12H2,1-2H3;2-5,11,13H,6-10H2,1H3,(H,22,23);;1H2/q;;+1;/p-1. The molecule has 2 fully saturated rings. The second-order valence-corrected chi connectivity index (χ2v) is 12.8. The van der Waals surface area contributed by atoms with E-state index in [1.807, 2.05) is 62.4 Å². The van der Waals surface area contributed by atoms with Gasteiger partial charge in [-0.15, -0.1) is 0 Å². The van der Waals surface area contributed by atoms with Crippen LogP contribution in [-0.4, -0.2) is 75.1 Å². The number of rotatable bonds is 9. The van der Waals surface area contributed by atoms with Crippen molar-refractivity contribution in [1.82, 2.24) is 19.6 Å². The van der Waals surface area contributed by atoms with Gasteiger partial charge >= 0.3 is 41.5 Å². The van der Waals surface area contributed by atoms with Gasteiger partial charge in [-0.1, -0.05) is 59.7 Å². The minimum atomic E-state index is -1.30. The summed E-state index contributed by atoms with van der Waals surface area (Å²) in [5.74, 6) is -1.18. The van der Waals surface area contributed by atoms with E-state index in [-0.39, 0.29) is 47.3 Å². The summed E-state index contributed by atoms with van der Waals surface area (Å²) in [4.78, 5) is 48.9. The summed E-state index contributed by atoms with van der Waals surface area (Å²) in [5.41, 5.74) is 2.97. The maximum atomic E-state index is 12.8. The van der Waals surface area contributed by atoms with Gasteiger partial charge in [0.05, 0.1) is 6.61 Å². The third kappa shape index (κ3) is 11.3. The number of benzene rings is 2. The molecule has 2 saturated heterocycles. The summed E-state index contributed by atoms with van der Waals surface area (Å²) >= 11 is 0. The molecule has 2 aliphatic rings. The Hall–Kier alpha value is -3.98. The van der Waals surface area contributed by atoms with Crippen molar-refractivity contribution >= 4 is 11.9 Å². The second-order valence-electron chi connectivity index (χ2n) is 12.8. The Balaban J connectivity index is 0.000000271. The molecule has 272 valence electrons. The number of carbonyl (C=O) groups is 2. The van der Waals surface area contributed by atoms with Crippen molar-refractivity contribution in [2.45, 2.75) is 59.5 Å². The van der Waals surface area contributed by atoms with Crippen molar-refractivity contribution in [2.24, 2.45) is 11.8 Å². The number of carboxylic acids is 1. The molecule has 0 aliphatic carbocycles. The van der Waals surface area contributed by atoms with E-state index in [4.69, 9.17) is 14.2 Å². The predicted octanol–water partition coefficient (Wildman–Crippen LogP) is 1.99. The minimum absolute atomic E-state index is 0. The van der Waals surface area contributed by atoms with Gasteiger partial charge in [0.15, 0.2) is 0 Å². The van der Waals surface area contributed by atoms with E-state index < -0.39 is 28.5 Å². The minimum Gasteiger partial charge on any atom is -0.870 e. The number of hydrogen-bond donors (Lipinski definition) is 1. The summed E-state index contributed by atoms with van der Waals surface area (Å²) in [7, 11) is 0. The van der Waals surface area contributed by atoms with Gasteiger partial charge in [0.2, 0.25) is 22.2 Å². The van der Waals surface area contributed by atoms with Crippen LogP contribution in [0.5, 0.6) is 0 Å². The van der Waals surface area contributed by atoms with E-state index in [1.54, 1.807) is 28.7 Å². The fourth-order valence-electron chi connectivity index (χ4n) is 6.00. The number of hydrogen-bond acceptors (Lipinski definition) is 10. The monoisotopic (exact) mass is 724 g/mol. The van der Waals surface area contributed by atoms with Crippen LogP contribution in [0.2, 0.25) is 0 Å². The zero-order valence-electron chi connectivity index (χ0n) is 30.2. The third-order valence-corrected chi connectivity index (χ3v) is 8.90. The van der Waals surface area contributed by atoms with Gasteiger partial charge in [0, 0.05) is 63.0 Å². The zero-order chi connectivity index (χ0) is 35.6. The Kier molecular flexibility index (Phi) is 16.6. The molecule has 0 atom stereocenters. The molecule has 2 aromatic carbocycles. The van der Waals surface area contributed by atoms with E-state index in [0.29, 0.717) is 54.8 Å². The third-order valence-electron chi connectivity index (χ3n) is 8.90. The molecule has 2 N–H and O–H groups in total. The summed E-state index contributed by atoms with van der Waals surface area (Å²) in [6.07, 6.45) is 7.12. The molecule has 0 spiro atoms. The number of aryl methyl sites for hydroxylation is 2. The van der Waals surface area contributed by atoms with Crippen LogP contribution in [0.3, 0.4) is 0 Å². The van der Waals surface area contributed by atoms with Crippen molar-refractivity contribution < 1.29 is 63.9 Å². The SMILES string of the molecule is CCOC(=O)c1nn(CC2CCOCC2)cc(-c2ccc(C)cc2)c1=O.Cc1ccc(-c2cn(CC3CCOCC3)nc(C(=O)O)c2=O)cc1.[Na+].[OH-]. The number of carboxylic acid groups (broad SMARTS) is 1. The number of nitrogens with zero attached hydrogens (tertiary/aromatic N) is 4. The Morgan fingerprint density at radius 1 is 0.731 bits per heavy atom. The molecule has 6 rings (SSSR count). The molecular formula is C38H45N4NaO9.